The molecule has 2 heterocycles. The van der Waals surface area contributed by atoms with Crippen LogP contribution in [0, 0.1) is 29.9 Å². The summed E-state index contributed by atoms with van der Waals surface area (Å²) in [4.78, 5) is 31.7. The first kappa shape index (κ1) is 30.7. The molecular weight excluding hydrogens is 566 g/mol. The summed E-state index contributed by atoms with van der Waals surface area (Å²) in [5.41, 5.74) is 7.02. The highest BCUT2D eigenvalue weighted by molar-refractivity contribution is 6.00. The number of aromatic nitrogens is 3. The van der Waals surface area contributed by atoms with Gasteiger partial charge in [-0.3, -0.25) is 19.3 Å². The van der Waals surface area contributed by atoms with E-state index in [0.717, 1.165) is 22.9 Å². The summed E-state index contributed by atoms with van der Waals surface area (Å²) in [7, 11) is 3.51. The second kappa shape index (κ2) is 12.7. The molecule has 4 rings (SSSR count). The largest absolute Gasteiger partial charge is 0.377 e. The number of primary amides is 1. The maximum absolute atomic E-state index is 14.1. The van der Waals surface area contributed by atoms with Crippen molar-refractivity contribution in [3.05, 3.63) is 100 Å². The third kappa shape index (κ3) is 6.81. The van der Waals surface area contributed by atoms with E-state index in [1.807, 2.05) is 0 Å². The third-order valence-electron chi connectivity index (χ3n) is 6.77. The Hall–Kier alpha value is -5.25. The predicted octanol–water partition coefficient (Wildman–Crippen LogP) is 4.61. The third-order valence-corrected chi connectivity index (χ3v) is 6.77. The van der Waals surface area contributed by atoms with E-state index in [1.54, 1.807) is 55.4 Å². The second-order valence-electron chi connectivity index (χ2n) is 9.94. The Morgan fingerprint density at radius 3 is 2.37 bits per heavy atom. The van der Waals surface area contributed by atoms with Crippen LogP contribution in [0.25, 0.3) is 11.1 Å². The van der Waals surface area contributed by atoms with Gasteiger partial charge < -0.3 is 16.0 Å². The molecule has 0 radical (unpaired) electrons. The number of nitriles is 1. The summed E-state index contributed by atoms with van der Waals surface area (Å²) < 4.78 is 56.0. The molecule has 13 heteroatoms. The van der Waals surface area contributed by atoms with Crippen LogP contribution in [-0.2, 0) is 17.8 Å². The van der Waals surface area contributed by atoms with Crippen LogP contribution in [0.15, 0.2) is 54.7 Å². The van der Waals surface area contributed by atoms with E-state index >= 15 is 0 Å². The number of anilines is 1. The fourth-order valence-corrected chi connectivity index (χ4v) is 4.80. The van der Waals surface area contributed by atoms with Gasteiger partial charge in [-0.2, -0.15) is 10.4 Å². The van der Waals surface area contributed by atoms with Gasteiger partial charge >= 0.3 is 0 Å². The lowest BCUT2D eigenvalue weighted by atomic mass is 9.94. The molecule has 222 valence electrons. The molecular formula is C30H27F4N7O2. The number of carbonyl (C=O) groups is 2. The molecule has 1 atom stereocenters. The summed E-state index contributed by atoms with van der Waals surface area (Å²) in [5, 5.41) is 15.8. The minimum atomic E-state index is -3.02. The first-order valence-electron chi connectivity index (χ1n) is 13.0. The molecule has 2 aromatic carbocycles. The maximum atomic E-state index is 14.1. The van der Waals surface area contributed by atoms with Crippen molar-refractivity contribution in [1.29, 1.82) is 5.26 Å². The highest BCUT2D eigenvalue weighted by Crippen LogP contribution is 2.32. The lowest BCUT2D eigenvalue weighted by Gasteiger charge is -2.23. The fourth-order valence-electron chi connectivity index (χ4n) is 4.80. The molecule has 0 fully saturated rings. The van der Waals surface area contributed by atoms with Crippen molar-refractivity contribution in [1.82, 2.24) is 20.1 Å². The molecule has 2 amide bonds. The number of pyridine rings is 1. The van der Waals surface area contributed by atoms with Crippen LogP contribution < -0.4 is 16.0 Å². The van der Waals surface area contributed by atoms with E-state index in [9.17, 15) is 32.4 Å². The molecule has 43 heavy (non-hydrogen) atoms. The molecule has 0 saturated heterocycles. The predicted molar refractivity (Wildman–Crippen MR) is 150 cm³/mol. The van der Waals surface area contributed by atoms with Crippen molar-refractivity contribution in [3.63, 3.8) is 0 Å². The summed E-state index contributed by atoms with van der Waals surface area (Å²) in [6.45, 7) is 0.870. The number of amides is 2. The lowest BCUT2D eigenvalue weighted by Crippen LogP contribution is -2.34. The van der Waals surface area contributed by atoms with E-state index in [1.165, 1.54) is 13.1 Å². The monoisotopic (exact) mass is 593 g/mol. The zero-order valence-electron chi connectivity index (χ0n) is 23.4. The Morgan fingerprint density at radius 2 is 1.79 bits per heavy atom. The Kier molecular flexibility index (Phi) is 9.09. The number of nitrogens with zero attached hydrogens (tertiary/aromatic N) is 5. The van der Waals surface area contributed by atoms with Gasteiger partial charge in [-0.15, -0.1) is 0 Å². The fraction of sp³-hybridized carbons (Fsp3) is 0.233. The number of carbonyl (C=O) groups excluding carboxylic acids is 2. The van der Waals surface area contributed by atoms with Crippen LogP contribution in [-0.4, -0.2) is 40.7 Å². The molecule has 2 aromatic heterocycles. The van der Waals surface area contributed by atoms with Crippen molar-refractivity contribution in [3.8, 4) is 17.2 Å². The first-order valence-corrected chi connectivity index (χ1v) is 13.0. The second-order valence-corrected chi connectivity index (χ2v) is 9.94. The first-order chi connectivity index (χ1) is 20.4. The van der Waals surface area contributed by atoms with Crippen molar-refractivity contribution in [2.75, 3.05) is 19.0 Å². The van der Waals surface area contributed by atoms with Crippen LogP contribution in [0.3, 0.4) is 0 Å². The number of rotatable bonds is 10. The average Bonchev–Trinajstić information content (AvgIpc) is 3.26. The zero-order chi connectivity index (χ0) is 31.4. The number of hydrogen-bond donors (Lipinski definition) is 2. The maximum Gasteiger partial charge on any atom is 0.283 e. The van der Waals surface area contributed by atoms with Crippen molar-refractivity contribution in [2.45, 2.75) is 32.4 Å². The summed E-state index contributed by atoms with van der Waals surface area (Å²) in [6, 6.07) is 12.0. The average molecular weight is 594 g/mol. The quantitative estimate of drug-likeness (QED) is 0.259. The molecule has 0 saturated carbocycles. The molecule has 0 spiro atoms. The van der Waals surface area contributed by atoms with Crippen LogP contribution in [0.5, 0.6) is 0 Å². The van der Waals surface area contributed by atoms with Gasteiger partial charge in [0.25, 0.3) is 12.3 Å². The highest BCUT2D eigenvalue weighted by Gasteiger charge is 2.26. The smallest absolute Gasteiger partial charge is 0.283 e. The van der Waals surface area contributed by atoms with Gasteiger partial charge in [0.05, 0.1) is 23.0 Å². The number of nitrogens with one attached hydrogen (secondary N) is 1. The van der Waals surface area contributed by atoms with Crippen LogP contribution >= 0.6 is 0 Å². The van der Waals surface area contributed by atoms with Crippen LogP contribution in [0.1, 0.15) is 51.0 Å². The van der Waals surface area contributed by atoms with Crippen molar-refractivity contribution < 1.29 is 27.2 Å². The van der Waals surface area contributed by atoms with E-state index < -0.39 is 48.2 Å². The molecule has 0 aliphatic carbocycles. The molecule has 9 nitrogen and oxygen atoms in total. The number of nitrogens with two attached hydrogens (primary N) is 1. The summed E-state index contributed by atoms with van der Waals surface area (Å²) in [6.07, 6.45) is -1.65. The van der Waals surface area contributed by atoms with Gasteiger partial charge in [0.1, 0.15) is 35.5 Å². The number of alkyl halides is 2. The van der Waals surface area contributed by atoms with Crippen molar-refractivity contribution >= 4 is 17.5 Å². The summed E-state index contributed by atoms with van der Waals surface area (Å²) >= 11 is 0. The number of hydrogen-bond acceptors (Lipinski definition) is 6. The number of benzene rings is 2. The molecule has 0 aliphatic rings. The Morgan fingerprint density at radius 1 is 1.09 bits per heavy atom. The lowest BCUT2D eigenvalue weighted by molar-refractivity contribution is -0.122. The summed E-state index contributed by atoms with van der Waals surface area (Å²) in [5.74, 6) is -2.98. The molecule has 4 aromatic rings. The topological polar surface area (TPSA) is 130 Å². The van der Waals surface area contributed by atoms with Gasteiger partial charge in [-0.25, -0.2) is 17.6 Å². The minimum Gasteiger partial charge on any atom is -0.377 e. The Balaban J connectivity index is 1.77. The van der Waals surface area contributed by atoms with Gasteiger partial charge in [0.2, 0.25) is 5.91 Å². The molecule has 0 aliphatic heterocycles. The van der Waals surface area contributed by atoms with Crippen molar-refractivity contribution in [2.24, 2.45) is 5.73 Å². The normalized spacial score (nSPS) is 11.7. The molecule has 0 bridgehead atoms. The SMILES string of the molecule is Cc1c(C#N)c(C(F)F)nn1CC(=O)N[C@@H](Cc1cc(F)cc(F)c1)c1ncccc1-c1ccc(N(C)C)c(C(N)=O)c1. The standard InChI is InChI=1S/C30H27F4N7O2/c1-16-23(14-35)28(29(33)34)39-41(16)15-26(42)38-24(11-17-9-19(31)13-20(32)10-17)27-21(5-4-8-37-27)18-6-7-25(40(2)3)22(12-18)30(36)43/h4-10,12-13,24,29H,11,15H2,1-3H3,(H2,36,43)(H,38,42)/t24-/m0/s1. The van der Waals surface area contributed by atoms with Crippen LogP contribution in [0.2, 0.25) is 0 Å². The van der Waals surface area contributed by atoms with Crippen LogP contribution in [0.4, 0.5) is 23.2 Å². The van der Waals surface area contributed by atoms with E-state index in [-0.39, 0.29) is 28.8 Å². The van der Waals surface area contributed by atoms with E-state index in [0.29, 0.717) is 22.5 Å². The minimum absolute atomic E-state index is 0.0789. The Labute approximate surface area is 244 Å². The van der Waals surface area contributed by atoms with Gasteiger partial charge in [0.15, 0.2) is 0 Å². The van der Waals surface area contributed by atoms with Gasteiger partial charge in [0, 0.05) is 37.6 Å². The number of halogens is 4. The van der Waals surface area contributed by atoms with E-state index in [4.69, 9.17) is 5.73 Å². The molecule has 3 N–H and O–H groups in total. The zero-order valence-corrected chi connectivity index (χ0v) is 23.4. The highest BCUT2D eigenvalue weighted by atomic mass is 19.3. The molecule has 0 unspecified atom stereocenters. The van der Waals surface area contributed by atoms with E-state index in [2.05, 4.69) is 15.4 Å². The Bertz CT molecular complexity index is 1710. The van der Waals surface area contributed by atoms with Gasteiger partial charge in [-0.1, -0.05) is 12.1 Å². The van der Waals surface area contributed by atoms with Gasteiger partial charge in [-0.05, 0) is 54.8 Å².